The van der Waals surface area contributed by atoms with Crippen molar-refractivity contribution < 1.29 is 22.7 Å². The van der Waals surface area contributed by atoms with E-state index in [9.17, 15) is 18.0 Å². The van der Waals surface area contributed by atoms with Gasteiger partial charge in [-0.1, -0.05) is 60.8 Å². The Morgan fingerprint density at radius 2 is 1.53 bits per heavy atom. The van der Waals surface area contributed by atoms with Crippen LogP contribution in [0, 0.1) is 13.8 Å². The highest BCUT2D eigenvalue weighted by Gasteiger charge is 2.30. The van der Waals surface area contributed by atoms with Crippen molar-refractivity contribution in [1.82, 2.24) is 4.31 Å². The minimum absolute atomic E-state index is 0.0112. The van der Waals surface area contributed by atoms with Crippen molar-refractivity contribution in [1.29, 1.82) is 0 Å². The molecule has 1 heterocycles. The van der Waals surface area contributed by atoms with E-state index in [4.69, 9.17) is 16.3 Å². The number of benzene rings is 3. The van der Waals surface area contributed by atoms with E-state index in [1.807, 2.05) is 32.0 Å². The number of carbonyl (C=O) groups is 2. The number of anilines is 1. The first-order valence-corrected chi connectivity index (χ1v) is 14.4. The number of amides is 1. The summed E-state index contributed by atoms with van der Waals surface area (Å²) in [5.41, 5.74) is 3.01. The Kier molecular flexibility index (Phi) is 8.87. The Bertz CT molecular complexity index is 1400. The highest BCUT2D eigenvalue weighted by atomic mass is 35.5. The molecule has 4 rings (SSSR count). The van der Waals surface area contributed by atoms with Crippen molar-refractivity contribution in [2.75, 3.05) is 18.4 Å². The van der Waals surface area contributed by atoms with E-state index in [1.165, 1.54) is 22.5 Å². The predicted octanol–water partition coefficient (Wildman–Crippen LogP) is 6.06. The lowest BCUT2D eigenvalue weighted by Gasteiger charge is -2.21. The van der Waals surface area contributed by atoms with Crippen LogP contribution in [0.25, 0.3) is 0 Å². The van der Waals surface area contributed by atoms with Gasteiger partial charge in [-0.3, -0.25) is 4.79 Å². The van der Waals surface area contributed by atoms with Gasteiger partial charge in [-0.2, -0.15) is 4.31 Å². The molecular formula is C29H31ClN2O5S. The van der Waals surface area contributed by atoms with Crippen LogP contribution >= 0.6 is 11.6 Å². The summed E-state index contributed by atoms with van der Waals surface area (Å²) in [6.07, 6.45) is 2.22. The Morgan fingerprint density at radius 3 is 2.16 bits per heavy atom. The quantitative estimate of drug-likeness (QED) is 0.358. The first-order chi connectivity index (χ1) is 18.1. The lowest BCUT2D eigenvalue weighted by molar-refractivity contribution is -0.125. The molecule has 38 heavy (non-hydrogen) atoms. The van der Waals surface area contributed by atoms with Crippen LogP contribution in [0.2, 0.25) is 5.02 Å². The molecule has 1 fully saturated rings. The molecule has 7 nitrogen and oxygen atoms in total. The molecule has 9 heteroatoms. The van der Waals surface area contributed by atoms with Crippen molar-refractivity contribution in [2.24, 2.45) is 0 Å². The SMILES string of the molecule is Cc1cc(C)cc(NC(=O)[C@H](OC(=O)c2ccc(Cl)c(S(=O)(=O)N3CCCCCC3)c2)c2ccccc2)c1. The highest BCUT2D eigenvalue weighted by Crippen LogP contribution is 2.29. The second kappa shape index (κ2) is 12.1. The molecule has 1 N–H and O–H groups in total. The van der Waals surface area contributed by atoms with Crippen molar-refractivity contribution in [3.05, 3.63) is 94.0 Å². The lowest BCUT2D eigenvalue weighted by Crippen LogP contribution is -2.32. The Labute approximate surface area is 228 Å². The topological polar surface area (TPSA) is 92.8 Å². The molecular weight excluding hydrogens is 524 g/mol. The molecule has 0 aliphatic carbocycles. The number of aryl methyl sites for hydroxylation is 2. The minimum Gasteiger partial charge on any atom is -0.444 e. The van der Waals surface area contributed by atoms with Gasteiger partial charge in [-0.15, -0.1) is 0 Å². The smallest absolute Gasteiger partial charge is 0.339 e. The Hall–Kier alpha value is -3.20. The second-order valence-electron chi connectivity index (χ2n) is 9.53. The summed E-state index contributed by atoms with van der Waals surface area (Å²) in [5, 5.41) is 2.86. The average molecular weight is 555 g/mol. The van der Waals surface area contributed by atoms with Crippen LogP contribution in [0.3, 0.4) is 0 Å². The predicted molar refractivity (Wildman–Crippen MR) is 148 cm³/mol. The van der Waals surface area contributed by atoms with Gasteiger partial charge < -0.3 is 10.1 Å². The van der Waals surface area contributed by atoms with E-state index >= 15 is 0 Å². The van der Waals surface area contributed by atoms with E-state index in [-0.39, 0.29) is 15.5 Å². The zero-order valence-corrected chi connectivity index (χ0v) is 23.0. The molecule has 0 unspecified atom stereocenters. The summed E-state index contributed by atoms with van der Waals surface area (Å²) in [5.74, 6) is -1.36. The molecule has 0 saturated carbocycles. The largest absolute Gasteiger partial charge is 0.444 e. The summed E-state index contributed by atoms with van der Waals surface area (Å²) in [4.78, 5) is 26.4. The molecule has 200 valence electrons. The maximum Gasteiger partial charge on any atom is 0.339 e. The normalized spacial score (nSPS) is 15.3. The molecule has 1 aliphatic rings. The molecule has 3 aromatic carbocycles. The van der Waals surface area contributed by atoms with Crippen LogP contribution in [-0.4, -0.2) is 37.7 Å². The first-order valence-electron chi connectivity index (χ1n) is 12.6. The number of nitrogens with one attached hydrogen (secondary N) is 1. The van der Waals surface area contributed by atoms with Gasteiger partial charge in [0.15, 0.2) is 0 Å². The maximum atomic E-state index is 13.4. The molecule has 1 saturated heterocycles. The highest BCUT2D eigenvalue weighted by molar-refractivity contribution is 7.89. The van der Waals surface area contributed by atoms with Gasteiger partial charge in [0.1, 0.15) is 4.90 Å². The number of hydrogen-bond donors (Lipinski definition) is 1. The lowest BCUT2D eigenvalue weighted by atomic mass is 10.1. The van der Waals surface area contributed by atoms with Gasteiger partial charge in [-0.05, 0) is 68.1 Å². The average Bonchev–Trinajstić information content (AvgIpc) is 3.17. The van der Waals surface area contributed by atoms with Crippen molar-refractivity contribution in [3.8, 4) is 0 Å². The number of carbonyl (C=O) groups excluding carboxylic acids is 2. The molecule has 0 spiro atoms. The first kappa shape index (κ1) is 27.8. The molecule has 0 radical (unpaired) electrons. The number of nitrogens with zero attached hydrogens (tertiary/aromatic N) is 1. The third-order valence-corrected chi connectivity index (χ3v) is 8.78. The summed E-state index contributed by atoms with van der Waals surface area (Å²) in [7, 11) is -3.90. The van der Waals surface area contributed by atoms with Gasteiger partial charge >= 0.3 is 5.97 Å². The fourth-order valence-corrected chi connectivity index (χ4v) is 6.60. The van der Waals surface area contributed by atoms with Crippen molar-refractivity contribution in [2.45, 2.75) is 50.5 Å². The fraction of sp³-hybridized carbons (Fsp3) is 0.310. The fourth-order valence-electron chi connectivity index (χ4n) is 4.58. The monoisotopic (exact) mass is 554 g/mol. The van der Waals surface area contributed by atoms with Crippen LogP contribution in [0.4, 0.5) is 5.69 Å². The summed E-state index contributed by atoms with van der Waals surface area (Å²) in [6, 6.07) is 18.3. The van der Waals surface area contributed by atoms with E-state index in [0.29, 0.717) is 24.3 Å². The van der Waals surface area contributed by atoms with E-state index < -0.39 is 28.0 Å². The van der Waals surface area contributed by atoms with Crippen LogP contribution in [0.15, 0.2) is 71.6 Å². The van der Waals surface area contributed by atoms with Crippen molar-refractivity contribution in [3.63, 3.8) is 0 Å². The van der Waals surface area contributed by atoms with Crippen LogP contribution < -0.4 is 5.32 Å². The van der Waals surface area contributed by atoms with Crippen LogP contribution in [0.5, 0.6) is 0 Å². The second-order valence-corrected chi connectivity index (χ2v) is 11.8. The molecule has 0 aromatic heterocycles. The Balaban J connectivity index is 1.61. The van der Waals surface area contributed by atoms with Gasteiger partial charge in [0.25, 0.3) is 5.91 Å². The summed E-state index contributed by atoms with van der Waals surface area (Å²) < 4.78 is 33.8. The number of sulfonamides is 1. The number of hydrogen-bond acceptors (Lipinski definition) is 5. The third-order valence-electron chi connectivity index (χ3n) is 6.40. The summed E-state index contributed by atoms with van der Waals surface area (Å²) >= 11 is 6.29. The molecule has 1 aliphatic heterocycles. The maximum absolute atomic E-state index is 13.4. The van der Waals surface area contributed by atoms with Gasteiger partial charge in [0.05, 0.1) is 10.6 Å². The molecule has 1 amide bonds. The van der Waals surface area contributed by atoms with Crippen LogP contribution in [0.1, 0.15) is 58.8 Å². The van der Waals surface area contributed by atoms with E-state index in [1.54, 1.807) is 30.3 Å². The standard InChI is InChI=1S/C29H31ClN2O5S/c1-20-16-21(2)18-24(17-20)31-28(33)27(22-10-6-5-7-11-22)37-29(34)23-12-13-25(30)26(19-23)38(35,36)32-14-8-3-4-9-15-32/h5-7,10-13,16-19,27H,3-4,8-9,14-15H2,1-2H3,(H,31,33)/t27-/m1/s1. The number of ether oxygens (including phenoxy) is 1. The number of esters is 1. The zero-order valence-electron chi connectivity index (χ0n) is 21.4. The van der Waals surface area contributed by atoms with E-state index in [2.05, 4.69) is 5.32 Å². The zero-order chi connectivity index (χ0) is 27.3. The summed E-state index contributed by atoms with van der Waals surface area (Å²) in [6.45, 7) is 4.66. The molecule has 3 aromatic rings. The van der Waals surface area contributed by atoms with Crippen molar-refractivity contribution >= 4 is 39.2 Å². The van der Waals surface area contributed by atoms with Crippen LogP contribution in [-0.2, 0) is 19.6 Å². The molecule has 1 atom stereocenters. The third kappa shape index (κ3) is 6.62. The van der Waals surface area contributed by atoms with Gasteiger partial charge in [0.2, 0.25) is 16.1 Å². The van der Waals surface area contributed by atoms with Gasteiger partial charge in [0, 0.05) is 24.3 Å². The van der Waals surface area contributed by atoms with E-state index in [0.717, 1.165) is 36.8 Å². The number of rotatable bonds is 7. The Morgan fingerprint density at radius 1 is 0.895 bits per heavy atom. The van der Waals surface area contributed by atoms with Gasteiger partial charge in [-0.25, -0.2) is 13.2 Å². The molecule has 0 bridgehead atoms. The number of halogens is 1. The minimum atomic E-state index is -3.90.